The van der Waals surface area contributed by atoms with Crippen molar-refractivity contribution in [3.8, 4) is 28.7 Å². The number of benzene rings is 3. The highest BCUT2D eigenvalue weighted by atomic mass is 16.7. The zero-order chi connectivity index (χ0) is 34.2. The molecule has 0 amide bonds. The average molecular weight is 679 g/mol. The molecule has 11 nitrogen and oxygen atoms in total. The zero-order valence-electron chi connectivity index (χ0n) is 28.7. The summed E-state index contributed by atoms with van der Waals surface area (Å²) in [7, 11) is 4.82. The fourth-order valence-electron chi connectivity index (χ4n) is 6.80. The van der Waals surface area contributed by atoms with Crippen molar-refractivity contribution in [1.29, 1.82) is 0 Å². The van der Waals surface area contributed by atoms with E-state index in [9.17, 15) is 10.2 Å². The first kappa shape index (κ1) is 35.1. The first-order valence-electron chi connectivity index (χ1n) is 17.3. The van der Waals surface area contributed by atoms with Gasteiger partial charge >= 0.3 is 0 Å². The second kappa shape index (κ2) is 16.8. The Labute approximate surface area is 289 Å². The number of aliphatic hydroxyl groups is 2. The number of hydrogen-bond donors (Lipinski definition) is 2. The molecular weight excluding hydrogens is 628 g/mol. The molecule has 1 saturated carbocycles. The van der Waals surface area contributed by atoms with Gasteiger partial charge in [0.1, 0.15) is 53.7 Å². The highest BCUT2D eigenvalue weighted by molar-refractivity contribution is 5.49. The zero-order valence-corrected chi connectivity index (χ0v) is 28.7. The van der Waals surface area contributed by atoms with Gasteiger partial charge in [-0.1, -0.05) is 6.42 Å². The first-order chi connectivity index (χ1) is 23.9. The summed E-state index contributed by atoms with van der Waals surface area (Å²) in [6.07, 6.45) is 0.943. The van der Waals surface area contributed by atoms with Gasteiger partial charge in [-0.05, 0) is 91.9 Å². The van der Waals surface area contributed by atoms with Crippen molar-refractivity contribution in [2.45, 2.75) is 75.5 Å². The van der Waals surface area contributed by atoms with Crippen LogP contribution in [-0.2, 0) is 16.0 Å². The third-order valence-electron chi connectivity index (χ3n) is 9.63. The van der Waals surface area contributed by atoms with E-state index in [1.54, 1.807) is 26.4 Å². The standard InChI is InChI=1S/C38H50N2O9/c1-43-32-21-26(22-33(23-32)44-2)24-39-17-19-40(20-18-39)27-9-11-28(12-10-27)46-25-34-35(41)36(42)37(38(45-3)49-34)48-31-15-13-30(14-16-31)47-29-7-5-4-6-8-29/h9-16,21-23,29,34-38,41-42H,4-8,17-20,24-25H2,1-3H3/t34-,35-,36+,37-,38+/m1/s1. The van der Waals surface area contributed by atoms with E-state index in [4.69, 9.17) is 33.2 Å². The summed E-state index contributed by atoms with van der Waals surface area (Å²) in [5.74, 6) is 3.54. The van der Waals surface area contributed by atoms with Gasteiger partial charge in [0, 0.05) is 51.6 Å². The van der Waals surface area contributed by atoms with Crippen LogP contribution in [0.15, 0.2) is 66.7 Å². The fourth-order valence-corrected chi connectivity index (χ4v) is 6.80. The van der Waals surface area contributed by atoms with E-state index in [1.165, 1.54) is 26.4 Å². The molecule has 3 aromatic carbocycles. The molecule has 2 saturated heterocycles. The minimum Gasteiger partial charge on any atom is -0.497 e. The molecule has 3 fully saturated rings. The molecule has 5 atom stereocenters. The minimum absolute atomic E-state index is 0.0328. The molecule has 0 spiro atoms. The van der Waals surface area contributed by atoms with Gasteiger partial charge in [-0.2, -0.15) is 0 Å². The predicted octanol–water partition coefficient (Wildman–Crippen LogP) is 4.66. The van der Waals surface area contributed by atoms with Gasteiger partial charge < -0.3 is 48.3 Å². The third-order valence-corrected chi connectivity index (χ3v) is 9.63. The van der Waals surface area contributed by atoms with Gasteiger partial charge in [-0.25, -0.2) is 0 Å². The number of methoxy groups -OCH3 is 3. The molecule has 2 aliphatic heterocycles. The maximum atomic E-state index is 11.0. The molecular formula is C38H50N2O9. The molecule has 11 heteroatoms. The van der Waals surface area contributed by atoms with Crippen LogP contribution in [0.3, 0.4) is 0 Å². The number of hydrogen-bond acceptors (Lipinski definition) is 11. The molecule has 2 N–H and O–H groups in total. The van der Waals surface area contributed by atoms with Gasteiger partial charge in [0.05, 0.1) is 20.3 Å². The average Bonchev–Trinajstić information content (AvgIpc) is 3.14. The van der Waals surface area contributed by atoms with Crippen molar-refractivity contribution in [2.24, 2.45) is 0 Å². The van der Waals surface area contributed by atoms with Crippen LogP contribution < -0.4 is 28.6 Å². The maximum absolute atomic E-state index is 11.0. The molecule has 1 aliphatic carbocycles. The molecule has 266 valence electrons. The molecule has 0 radical (unpaired) electrons. The number of anilines is 1. The Kier molecular flexibility index (Phi) is 12.0. The van der Waals surface area contributed by atoms with Crippen LogP contribution in [0.1, 0.15) is 37.7 Å². The van der Waals surface area contributed by atoms with E-state index in [-0.39, 0.29) is 12.7 Å². The molecule has 0 bridgehead atoms. The molecule has 6 rings (SSSR count). The lowest BCUT2D eigenvalue weighted by Crippen LogP contribution is -2.61. The van der Waals surface area contributed by atoms with Crippen LogP contribution in [0.25, 0.3) is 0 Å². The van der Waals surface area contributed by atoms with E-state index in [0.29, 0.717) is 11.5 Å². The summed E-state index contributed by atoms with van der Waals surface area (Å²) in [6.45, 7) is 4.54. The Bertz CT molecular complexity index is 1420. The van der Waals surface area contributed by atoms with Crippen molar-refractivity contribution in [3.63, 3.8) is 0 Å². The van der Waals surface area contributed by atoms with Crippen LogP contribution in [0.2, 0.25) is 0 Å². The fraction of sp³-hybridized carbons (Fsp3) is 0.526. The molecule has 0 unspecified atom stereocenters. The normalized spacial score (nSPS) is 25.1. The van der Waals surface area contributed by atoms with Crippen LogP contribution in [-0.4, -0.2) is 106 Å². The summed E-state index contributed by atoms with van der Waals surface area (Å²) in [4.78, 5) is 4.79. The Morgan fingerprint density at radius 3 is 1.92 bits per heavy atom. The minimum atomic E-state index is -1.25. The van der Waals surface area contributed by atoms with Gasteiger partial charge in [-0.3, -0.25) is 4.90 Å². The lowest BCUT2D eigenvalue weighted by molar-refractivity contribution is -0.287. The quantitative estimate of drug-likeness (QED) is 0.264. The lowest BCUT2D eigenvalue weighted by Gasteiger charge is -2.41. The summed E-state index contributed by atoms with van der Waals surface area (Å²) >= 11 is 0. The maximum Gasteiger partial charge on any atom is 0.197 e. The number of ether oxygens (including phenoxy) is 7. The Hall–Kier alpha value is -3.74. The molecule has 3 aliphatic rings. The molecule has 49 heavy (non-hydrogen) atoms. The van der Waals surface area contributed by atoms with Crippen molar-refractivity contribution in [3.05, 3.63) is 72.3 Å². The van der Waals surface area contributed by atoms with E-state index < -0.39 is 30.7 Å². The van der Waals surface area contributed by atoms with E-state index in [1.807, 2.05) is 42.5 Å². The van der Waals surface area contributed by atoms with Gasteiger partial charge in [-0.15, -0.1) is 0 Å². The Balaban J connectivity index is 0.964. The van der Waals surface area contributed by atoms with Gasteiger partial charge in [0.25, 0.3) is 0 Å². The van der Waals surface area contributed by atoms with Crippen LogP contribution in [0.4, 0.5) is 5.69 Å². The summed E-state index contributed by atoms with van der Waals surface area (Å²) in [5.41, 5.74) is 2.28. The number of nitrogens with zero attached hydrogens (tertiary/aromatic N) is 2. The van der Waals surface area contributed by atoms with E-state index in [2.05, 4.69) is 21.9 Å². The Morgan fingerprint density at radius 2 is 1.31 bits per heavy atom. The van der Waals surface area contributed by atoms with Gasteiger partial charge in [0.15, 0.2) is 12.4 Å². The second-order valence-corrected chi connectivity index (χ2v) is 13.0. The Morgan fingerprint density at radius 1 is 0.694 bits per heavy atom. The topological polar surface area (TPSA) is 112 Å². The van der Waals surface area contributed by atoms with Crippen molar-refractivity contribution in [2.75, 3.05) is 59.0 Å². The smallest absolute Gasteiger partial charge is 0.197 e. The van der Waals surface area contributed by atoms with Crippen molar-refractivity contribution in [1.82, 2.24) is 4.90 Å². The molecule has 2 heterocycles. The van der Waals surface area contributed by atoms with Crippen molar-refractivity contribution >= 4 is 5.69 Å². The van der Waals surface area contributed by atoms with Crippen LogP contribution >= 0.6 is 0 Å². The number of rotatable bonds is 13. The number of aliphatic hydroxyl groups excluding tert-OH is 2. The largest absolute Gasteiger partial charge is 0.497 e. The van der Waals surface area contributed by atoms with Crippen molar-refractivity contribution < 1.29 is 43.4 Å². The number of piperazine rings is 1. The third kappa shape index (κ3) is 9.09. The van der Waals surface area contributed by atoms with E-state index >= 15 is 0 Å². The SMILES string of the molecule is COc1cc(CN2CCN(c3ccc(OC[C@H]4O[C@H](OC)[C@H](Oc5ccc(OC6CCCCC6)cc5)[C@@H](O)[C@@H]4O)cc3)CC2)cc(OC)c1. The van der Waals surface area contributed by atoms with Gasteiger partial charge in [0.2, 0.25) is 0 Å². The highest BCUT2D eigenvalue weighted by Gasteiger charge is 2.46. The highest BCUT2D eigenvalue weighted by Crippen LogP contribution is 2.30. The molecule has 0 aromatic heterocycles. The summed E-state index contributed by atoms with van der Waals surface area (Å²) in [6, 6.07) is 21.2. The lowest BCUT2D eigenvalue weighted by atomic mass is 9.98. The first-order valence-corrected chi connectivity index (χ1v) is 17.3. The second-order valence-electron chi connectivity index (χ2n) is 13.0. The molecule has 3 aromatic rings. The summed E-state index contributed by atoms with van der Waals surface area (Å²) in [5, 5.41) is 22.0. The van der Waals surface area contributed by atoms with Crippen LogP contribution in [0.5, 0.6) is 28.7 Å². The van der Waals surface area contributed by atoms with Crippen LogP contribution in [0, 0.1) is 0 Å². The van der Waals surface area contributed by atoms with E-state index in [0.717, 1.165) is 74.1 Å². The summed E-state index contributed by atoms with van der Waals surface area (Å²) < 4.78 is 40.5. The monoisotopic (exact) mass is 678 g/mol. The predicted molar refractivity (Wildman–Crippen MR) is 185 cm³/mol.